The second kappa shape index (κ2) is 7.76. The summed E-state index contributed by atoms with van der Waals surface area (Å²) in [6, 6.07) is 7.68. The molecule has 1 aromatic carbocycles. The van der Waals surface area contributed by atoms with E-state index in [0.717, 1.165) is 26.1 Å². The van der Waals surface area contributed by atoms with E-state index >= 15 is 0 Å². The molecule has 0 spiro atoms. The van der Waals surface area contributed by atoms with Gasteiger partial charge < -0.3 is 14.5 Å². The van der Waals surface area contributed by atoms with Gasteiger partial charge in [-0.05, 0) is 50.1 Å². The number of carbonyl (C=O) groups is 2. The highest BCUT2D eigenvalue weighted by atomic mass is 16.5. The normalized spacial score (nSPS) is 24.2. The van der Waals surface area contributed by atoms with Gasteiger partial charge in [-0.25, -0.2) is 0 Å². The summed E-state index contributed by atoms with van der Waals surface area (Å²) in [4.78, 5) is 31.8. The summed E-state index contributed by atoms with van der Waals surface area (Å²) in [6.07, 6.45) is 3.47. The number of nitrogens with zero attached hydrogens (tertiary/aromatic N) is 3. The summed E-state index contributed by atoms with van der Waals surface area (Å²) in [5.74, 6) is 0.104. The van der Waals surface area contributed by atoms with Gasteiger partial charge in [0.05, 0.1) is 13.2 Å². The minimum Gasteiger partial charge on any atom is -0.378 e. The Kier molecular flexibility index (Phi) is 5.22. The molecule has 0 N–H and O–H groups in total. The van der Waals surface area contributed by atoms with Crippen LogP contribution in [0.4, 0.5) is 0 Å². The predicted molar refractivity (Wildman–Crippen MR) is 98.3 cm³/mol. The van der Waals surface area contributed by atoms with Crippen molar-refractivity contribution in [2.75, 3.05) is 52.5 Å². The van der Waals surface area contributed by atoms with Gasteiger partial charge in [0, 0.05) is 49.9 Å². The molecular weight excluding hydrogens is 330 g/mol. The standard InChI is InChI=1S/C20H27N3O3/c24-19(22-11-13-26-14-12-22)16-4-6-17(7-5-16)20(25)23-10-2-9-21-8-1-3-18(21)15-23/h4-7,18H,1-3,8-15H2/t18-/m0/s1. The molecule has 4 rings (SSSR count). The summed E-state index contributed by atoms with van der Waals surface area (Å²) in [5.41, 5.74) is 1.32. The lowest BCUT2D eigenvalue weighted by Gasteiger charge is -2.27. The number of fused-ring (bicyclic) bond motifs is 1. The zero-order valence-corrected chi connectivity index (χ0v) is 15.2. The number of rotatable bonds is 2. The number of hydrogen-bond donors (Lipinski definition) is 0. The average Bonchev–Trinajstić information content (AvgIpc) is 3.04. The van der Waals surface area contributed by atoms with Crippen LogP contribution in [0.1, 0.15) is 40.0 Å². The van der Waals surface area contributed by atoms with Crippen molar-refractivity contribution < 1.29 is 14.3 Å². The van der Waals surface area contributed by atoms with Gasteiger partial charge in [-0.2, -0.15) is 0 Å². The first kappa shape index (κ1) is 17.5. The number of morpholine rings is 1. The average molecular weight is 357 g/mol. The van der Waals surface area contributed by atoms with Crippen molar-refractivity contribution in [3.63, 3.8) is 0 Å². The first-order valence-corrected chi connectivity index (χ1v) is 9.73. The van der Waals surface area contributed by atoms with Crippen molar-refractivity contribution >= 4 is 11.8 Å². The van der Waals surface area contributed by atoms with Crippen molar-refractivity contribution in [1.82, 2.24) is 14.7 Å². The van der Waals surface area contributed by atoms with Crippen LogP contribution in [0, 0.1) is 0 Å². The highest BCUT2D eigenvalue weighted by Crippen LogP contribution is 2.22. The van der Waals surface area contributed by atoms with Gasteiger partial charge >= 0.3 is 0 Å². The van der Waals surface area contributed by atoms with E-state index in [9.17, 15) is 9.59 Å². The third-order valence-electron chi connectivity index (χ3n) is 5.77. The van der Waals surface area contributed by atoms with Gasteiger partial charge in [0.25, 0.3) is 11.8 Å². The molecule has 0 aromatic heterocycles. The minimum absolute atomic E-state index is 0.0173. The van der Waals surface area contributed by atoms with E-state index in [1.54, 1.807) is 24.3 Å². The lowest BCUT2D eigenvalue weighted by atomic mass is 10.1. The molecule has 1 aromatic rings. The highest BCUT2D eigenvalue weighted by Gasteiger charge is 2.31. The highest BCUT2D eigenvalue weighted by molar-refractivity contribution is 5.98. The molecule has 3 aliphatic heterocycles. The van der Waals surface area contributed by atoms with E-state index in [-0.39, 0.29) is 11.8 Å². The zero-order chi connectivity index (χ0) is 17.9. The van der Waals surface area contributed by atoms with Crippen LogP contribution < -0.4 is 0 Å². The fourth-order valence-electron chi connectivity index (χ4n) is 4.28. The fourth-order valence-corrected chi connectivity index (χ4v) is 4.28. The van der Waals surface area contributed by atoms with E-state index in [4.69, 9.17) is 4.74 Å². The quantitative estimate of drug-likeness (QED) is 0.804. The Bertz CT molecular complexity index is 655. The van der Waals surface area contributed by atoms with Crippen molar-refractivity contribution in [3.8, 4) is 0 Å². The second-order valence-electron chi connectivity index (χ2n) is 7.42. The van der Waals surface area contributed by atoms with Crippen LogP contribution in [-0.2, 0) is 4.74 Å². The molecular formula is C20H27N3O3. The number of carbonyl (C=O) groups excluding carboxylic acids is 2. The molecule has 1 atom stereocenters. The molecule has 0 saturated carbocycles. The first-order valence-electron chi connectivity index (χ1n) is 9.73. The predicted octanol–water partition coefficient (Wildman–Crippen LogP) is 1.47. The Morgan fingerprint density at radius 2 is 1.42 bits per heavy atom. The van der Waals surface area contributed by atoms with Gasteiger partial charge in [-0.3, -0.25) is 14.5 Å². The maximum absolute atomic E-state index is 12.9. The smallest absolute Gasteiger partial charge is 0.254 e. The fraction of sp³-hybridized carbons (Fsp3) is 0.600. The summed E-state index contributed by atoms with van der Waals surface area (Å²) >= 11 is 0. The van der Waals surface area contributed by atoms with E-state index in [0.29, 0.717) is 43.5 Å². The van der Waals surface area contributed by atoms with Crippen molar-refractivity contribution in [2.45, 2.75) is 25.3 Å². The number of benzene rings is 1. The van der Waals surface area contributed by atoms with Crippen LogP contribution in [0.2, 0.25) is 0 Å². The second-order valence-corrected chi connectivity index (χ2v) is 7.42. The molecule has 3 aliphatic rings. The Morgan fingerprint density at radius 1 is 0.808 bits per heavy atom. The van der Waals surface area contributed by atoms with Crippen molar-refractivity contribution in [2.24, 2.45) is 0 Å². The van der Waals surface area contributed by atoms with Gasteiger partial charge in [-0.15, -0.1) is 0 Å². The molecule has 0 aliphatic carbocycles. The Hall–Kier alpha value is -1.92. The monoisotopic (exact) mass is 357 g/mol. The zero-order valence-electron chi connectivity index (χ0n) is 15.2. The van der Waals surface area contributed by atoms with E-state index in [1.807, 2.05) is 9.80 Å². The first-order chi connectivity index (χ1) is 12.7. The maximum Gasteiger partial charge on any atom is 0.254 e. The molecule has 2 amide bonds. The Morgan fingerprint density at radius 3 is 2.12 bits per heavy atom. The third kappa shape index (κ3) is 3.62. The molecule has 3 fully saturated rings. The van der Waals surface area contributed by atoms with Gasteiger partial charge in [0.2, 0.25) is 0 Å². The topological polar surface area (TPSA) is 53.1 Å². The molecule has 6 nitrogen and oxygen atoms in total. The Balaban J connectivity index is 1.42. The number of hydrogen-bond acceptors (Lipinski definition) is 4. The largest absolute Gasteiger partial charge is 0.378 e. The Labute approximate surface area is 154 Å². The summed E-state index contributed by atoms with van der Waals surface area (Å²) in [5, 5.41) is 0. The van der Waals surface area contributed by atoms with Crippen LogP contribution in [0.3, 0.4) is 0 Å². The third-order valence-corrected chi connectivity index (χ3v) is 5.77. The summed E-state index contributed by atoms with van der Waals surface area (Å²) < 4.78 is 5.30. The number of amides is 2. The summed E-state index contributed by atoms with van der Waals surface area (Å²) in [7, 11) is 0. The van der Waals surface area contributed by atoms with Crippen LogP contribution >= 0.6 is 0 Å². The van der Waals surface area contributed by atoms with Gasteiger partial charge in [0.1, 0.15) is 0 Å². The molecule has 0 unspecified atom stereocenters. The lowest BCUT2D eigenvalue weighted by Crippen LogP contribution is -2.40. The van der Waals surface area contributed by atoms with E-state index in [2.05, 4.69) is 4.90 Å². The lowest BCUT2D eigenvalue weighted by molar-refractivity contribution is 0.0303. The molecule has 3 heterocycles. The van der Waals surface area contributed by atoms with Crippen LogP contribution in [-0.4, -0.2) is 85.0 Å². The van der Waals surface area contributed by atoms with Crippen LogP contribution in [0.15, 0.2) is 24.3 Å². The molecule has 3 saturated heterocycles. The van der Waals surface area contributed by atoms with Crippen molar-refractivity contribution in [1.29, 1.82) is 0 Å². The van der Waals surface area contributed by atoms with Crippen molar-refractivity contribution in [3.05, 3.63) is 35.4 Å². The van der Waals surface area contributed by atoms with Crippen LogP contribution in [0.5, 0.6) is 0 Å². The number of ether oxygens (including phenoxy) is 1. The van der Waals surface area contributed by atoms with E-state index in [1.165, 1.54) is 19.4 Å². The maximum atomic E-state index is 12.9. The van der Waals surface area contributed by atoms with Crippen LogP contribution in [0.25, 0.3) is 0 Å². The van der Waals surface area contributed by atoms with E-state index < -0.39 is 0 Å². The molecule has 0 radical (unpaired) electrons. The summed E-state index contributed by atoms with van der Waals surface area (Å²) in [6.45, 7) is 6.36. The molecule has 0 bridgehead atoms. The van der Waals surface area contributed by atoms with Gasteiger partial charge in [-0.1, -0.05) is 0 Å². The SMILES string of the molecule is O=C(c1ccc(C(=O)N2CCCN3CCC[C@H]3C2)cc1)N1CCOCC1. The molecule has 140 valence electrons. The minimum atomic E-state index is 0.0173. The molecule has 6 heteroatoms. The molecule has 26 heavy (non-hydrogen) atoms. The van der Waals surface area contributed by atoms with Gasteiger partial charge in [0.15, 0.2) is 0 Å².